The van der Waals surface area contributed by atoms with Crippen molar-refractivity contribution in [2.45, 2.75) is 42.6 Å². The summed E-state index contributed by atoms with van der Waals surface area (Å²) in [5.41, 5.74) is -0.106. The van der Waals surface area contributed by atoms with E-state index in [2.05, 4.69) is 0 Å². The number of hydrogen-bond acceptors (Lipinski definition) is 6. The summed E-state index contributed by atoms with van der Waals surface area (Å²) in [5.74, 6) is -0.536. The van der Waals surface area contributed by atoms with Crippen molar-refractivity contribution in [2.24, 2.45) is 0 Å². The standard InChI is InChI=1S/C19H19NO6S/c1-12-4-10-15(11-5-12)27(24,25)17-16(26-19(2,3)18(17)21)13-6-8-14(9-7-13)20(22)23/h4-11,16-17H,1-3H3/t16-,17-/m0/s1. The maximum Gasteiger partial charge on any atom is 0.269 e. The Labute approximate surface area is 157 Å². The predicted molar refractivity (Wildman–Crippen MR) is 98.2 cm³/mol. The highest BCUT2D eigenvalue weighted by Crippen LogP contribution is 2.42. The van der Waals surface area contributed by atoms with Crippen LogP contribution >= 0.6 is 0 Å². The van der Waals surface area contributed by atoms with E-state index in [4.69, 9.17) is 4.74 Å². The molecule has 2 atom stereocenters. The minimum atomic E-state index is -4.01. The van der Waals surface area contributed by atoms with Crippen LogP contribution in [0.25, 0.3) is 0 Å². The molecule has 1 aliphatic rings. The molecular weight excluding hydrogens is 370 g/mol. The number of Topliss-reactive ketones (excluding diaryl/α,β-unsaturated/α-hetero) is 1. The van der Waals surface area contributed by atoms with Crippen LogP contribution in [0.2, 0.25) is 0 Å². The number of hydrogen-bond donors (Lipinski definition) is 0. The number of nitro groups is 1. The van der Waals surface area contributed by atoms with Crippen LogP contribution < -0.4 is 0 Å². The van der Waals surface area contributed by atoms with Crippen molar-refractivity contribution in [3.05, 3.63) is 69.8 Å². The molecule has 0 aromatic heterocycles. The Morgan fingerprint density at radius 1 is 1.04 bits per heavy atom. The molecule has 0 spiro atoms. The van der Waals surface area contributed by atoms with Gasteiger partial charge in [-0.1, -0.05) is 17.7 Å². The Kier molecular flexibility index (Phi) is 4.65. The van der Waals surface area contributed by atoms with Gasteiger partial charge in [-0.25, -0.2) is 8.42 Å². The summed E-state index contributed by atoms with van der Waals surface area (Å²) >= 11 is 0. The molecule has 0 amide bonds. The molecule has 0 aliphatic carbocycles. The van der Waals surface area contributed by atoms with E-state index in [0.29, 0.717) is 5.56 Å². The number of nitro benzene ring substituents is 1. The van der Waals surface area contributed by atoms with Crippen molar-refractivity contribution < 1.29 is 22.9 Å². The van der Waals surface area contributed by atoms with E-state index >= 15 is 0 Å². The van der Waals surface area contributed by atoms with Gasteiger partial charge in [-0.05, 0) is 50.6 Å². The average Bonchev–Trinajstić information content (AvgIpc) is 2.85. The number of ether oxygens (including phenoxy) is 1. The maximum atomic E-state index is 13.2. The molecule has 1 fully saturated rings. The van der Waals surface area contributed by atoms with Crippen molar-refractivity contribution in [2.75, 3.05) is 0 Å². The molecule has 0 radical (unpaired) electrons. The molecule has 2 aromatic rings. The third-order valence-electron chi connectivity index (χ3n) is 4.66. The number of aryl methyl sites for hydroxylation is 1. The molecular formula is C19H19NO6S. The van der Waals surface area contributed by atoms with Crippen LogP contribution in [-0.2, 0) is 19.4 Å². The van der Waals surface area contributed by atoms with Gasteiger partial charge in [0.25, 0.3) is 5.69 Å². The van der Waals surface area contributed by atoms with Crippen molar-refractivity contribution in [3.63, 3.8) is 0 Å². The summed E-state index contributed by atoms with van der Waals surface area (Å²) in [6, 6.07) is 11.7. The maximum absolute atomic E-state index is 13.2. The lowest BCUT2D eigenvalue weighted by molar-refractivity contribution is -0.384. The molecule has 0 bridgehead atoms. The van der Waals surface area contributed by atoms with Crippen LogP contribution in [0.5, 0.6) is 0 Å². The highest BCUT2D eigenvalue weighted by molar-refractivity contribution is 7.93. The lowest BCUT2D eigenvalue weighted by Gasteiger charge is -2.19. The molecule has 27 heavy (non-hydrogen) atoms. The van der Waals surface area contributed by atoms with Gasteiger partial charge in [-0.3, -0.25) is 14.9 Å². The fraction of sp³-hybridized carbons (Fsp3) is 0.316. The van der Waals surface area contributed by atoms with Crippen molar-refractivity contribution >= 4 is 21.3 Å². The van der Waals surface area contributed by atoms with Gasteiger partial charge in [0.15, 0.2) is 20.9 Å². The summed E-state index contributed by atoms with van der Waals surface area (Å²) in [6.07, 6.45) is -1.04. The van der Waals surface area contributed by atoms with E-state index in [1.54, 1.807) is 12.1 Å². The molecule has 142 valence electrons. The number of carbonyl (C=O) groups is 1. The summed E-state index contributed by atoms with van der Waals surface area (Å²) in [7, 11) is -4.01. The number of benzene rings is 2. The van der Waals surface area contributed by atoms with Crippen LogP contribution in [0.15, 0.2) is 53.4 Å². The van der Waals surface area contributed by atoms with Gasteiger partial charge in [-0.2, -0.15) is 0 Å². The van der Waals surface area contributed by atoms with Crippen LogP contribution in [0.1, 0.15) is 31.1 Å². The predicted octanol–water partition coefficient (Wildman–Crippen LogP) is 3.16. The van der Waals surface area contributed by atoms with Crippen LogP contribution in [0.3, 0.4) is 0 Å². The molecule has 1 saturated heterocycles. The molecule has 7 nitrogen and oxygen atoms in total. The Bertz CT molecular complexity index is 994. The van der Waals surface area contributed by atoms with Crippen LogP contribution in [0, 0.1) is 17.0 Å². The van der Waals surface area contributed by atoms with E-state index in [-0.39, 0.29) is 10.6 Å². The fourth-order valence-corrected chi connectivity index (χ4v) is 5.04. The molecule has 0 unspecified atom stereocenters. The zero-order chi connectivity index (χ0) is 20.0. The Morgan fingerprint density at radius 3 is 2.11 bits per heavy atom. The second kappa shape index (κ2) is 6.54. The second-order valence-electron chi connectivity index (χ2n) is 7.04. The average molecular weight is 389 g/mol. The highest BCUT2D eigenvalue weighted by Gasteiger charge is 2.55. The van der Waals surface area contributed by atoms with Crippen LogP contribution in [-0.4, -0.2) is 30.0 Å². The van der Waals surface area contributed by atoms with Gasteiger partial charge in [0.2, 0.25) is 0 Å². The molecule has 8 heteroatoms. The summed E-state index contributed by atoms with van der Waals surface area (Å²) in [6.45, 7) is 4.89. The number of non-ortho nitro benzene ring substituents is 1. The topological polar surface area (TPSA) is 104 Å². The number of sulfone groups is 1. The van der Waals surface area contributed by atoms with E-state index in [0.717, 1.165) is 5.56 Å². The third kappa shape index (κ3) is 3.38. The SMILES string of the molecule is Cc1ccc(S(=O)(=O)[C@@H]2C(=O)C(C)(C)O[C@H]2c2ccc([N+](=O)[O-])cc2)cc1. The van der Waals surface area contributed by atoms with Gasteiger partial charge in [-0.15, -0.1) is 0 Å². The van der Waals surface area contributed by atoms with Crippen LogP contribution in [0.4, 0.5) is 5.69 Å². The second-order valence-corrected chi connectivity index (χ2v) is 9.11. The van der Waals surface area contributed by atoms with E-state index < -0.39 is 37.5 Å². The Hall–Kier alpha value is -2.58. The molecule has 0 N–H and O–H groups in total. The molecule has 2 aromatic carbocycles. The zero-order valence-corrected chi connectivity index (χ0v) is 15.9. The van der Waals surface area contributed by atoms with E-state index in [1.165, 1.54) is 50.2 Å². The first-order chi connectivity index (χ1) is 12.5. The highest BCUT2D eigenvalue weighted by atomic mass is 32.2. The minimum absolute atomic E-state index is 0.0414. The monoisotopic (exact) mass is 389 g/mol. The smallest absolute Gasteiger partial charge is 0.269 e. The molecule has 3 rings (SSSR count). The van der Waals surface area contributed by atoms with Gasteiger partial charge in [0.1, 0.15) is 11.7 Å². The van der Waals surface area contributed by atoms with Gasteiger partial charge >= 0.3 is 0 Å². The number of carbonyl (C=O) groups excluding carboxylic acids is 1. The van der Waals surface area contributed by atoms with Crippen molar-refractivity contribution in [1.82, 2.24) is 0 Å². The summed E-state index contributed by atoms with van der Waals surface area (Å²) < 4.78 is 32.2. The van der Waals surface area contributed by atoms with Gasteiger partial charge in [0.05, 0.1) is 9.82 Å². The first-order valence-electron chi connectivity index (χ1n) is 8.31. The van der Waals surface area contributed by atoms with Crippen molar-refractivity contribution in [1.29, 1.82) is 0 Å². The Balaban J connectivity index is 2.08. The van der Waals surface area contributed by atoms with Gasteiger partial charge in [0, 0.05) is 12.1 Å². The molecule has 0 saturated carbocycles. The van der Waals surface area contributed by atoms with E-state index in [1.807, 2.05) is 6.92 Å². The number of nitrogens with zero attached hydrogens (tertiary/aromatic N) is 1. The third-order valence-corrected chi connectivity index (χ3v) is 6.72. The molecule has 1 aliphatic heterocycles. The summed E-state index contributed by atoms with van der Waals surface area (Å²) in [5, 5.41) is 9.43. The number of rotatable bonds is 4. The number of ketones is 1. The minimum Gasteiger partial charge on any atom is -0.358 e. The fourth-order valence-electron chi connectivity index (χ4n) is 3.12. The first kappa shape index (κ1) is 19.2. The van der Waals surface area contributed by atoms with Crippen molar-refractivity contribution in [3.8, 4) is 0 Å². The normalized spacial score (nSPS) is 22.0. The Morgan fingerprint density at radius 2 is 1.59 bits per heavy atom. The quantitative estimate of drug-likeness (QED) is 0.588. The lowest BCUT2D eigenvalue weighted by atomic mass is 10.0. The lowest BCUT2D eigenvalue weighted by Crippen LogP contribution is -2.37. The summed E-state index contributed by atoms with van der Waals surface area (Å²) in [4.78, 5) is 23.2. The largest absolute Gasteiger partial charge is 0.358 e. The molecule has 1 heterocycles. The van der Waals surface area contributed by atoms with Gasteiger partial charge < -0.3 is 4.74 Å². The first-order valence-corrected chi connectivity index (χ1v) is 9.86. The zero-order valence-electron chi connectivity index (χ0n) is 15.1. The van der Waals surface area contributed by atoms with E-state index in [9.17, 15) is 23.3 Å².